The molecule has 2 rings (SSSR count). The highest BCUT2D eigenvalue weighted by Crippen LogP contribution is 2.38. The number of nitriles is 1. The van der Waals surface area contributed by atoms with Crippen LogP contribution in [0.3, 0.4) is 0 Å². The smallest absolute Gasteiger partial charge is 0.370 e. The maximum absolute atomic E-state index is 12.7. The second-order valence-corrected chi connectivity index (χ2v) is 5.14. The average Bonchev–Trinajstić information content (AvgIpc) is 2.45. The monoisotopic (exact) mass is 322 g/mol. The van der Waals surface area contributed by atoms with Gasteiger partial charge in [0, 0.05) is 13.1 Å². The van der Waals surface area contributed by atoms with E-state index in [0.29, 0.717) is 0 Å². The minimum absolute atomic E-state index is 0.0264. The van der Waals surface area contributed by atoms with Crippen molar-refractivity contribution in [3.05, 3.63) is 29.3 Å². The molecule has 1 saturated heterocycles. The van der Waals surface area contributed by atoms with E-state index in [1.165, 1.54) is 4.90 Å². The van der Waals surface area contributed by atoms with Gasteiger partial charge in [0.2, 0.25) is 0 Å². The van der Waals surface area contributed by atoms with E-state index in [4.69, 9.17) is 5.26 Å². The standard InChI is InChI=1S/C14H12F6N2/c15-13(16,17)10-3-5-22(6-4-10)12-7-11(14(18,19)20)2-1-9(12)8-21/h1-2,7,10H,3-6H2. The second-order valence-electron chi connectivity index (χ2n) is 5.14. The molecule has 0 bridgehead atoms. The van der Waals surface area contributed by atoms with Gasteiger partial charge in [0.15, 0.2) is 0 Å². The molecule has 0 spiro atoms. The summed E-state index contributed by atoms with van der Waals surface area (Å²) in [6.07, 6.45) is -9.24. The summed E-state index contributed by atoms with van der Waals surface area (Å²) in [7, 11) is 0. The highest BCUT2D eigenvalue weighted by molar-refractivity contribution is 5.61. The topological polar surface area (TPSA) is 27.0 Å². The largest absolute Gasteiger partial charge is 0.416 e. The van der Waals surface area contributed by atoms with E-state index in [-0.39, 0.29) is 37.2 Å². The van der Waals surface area contributed by atoms with Crippen molar-refractivity contribution in [1.29, 1.82) is 5.26 Å². The molecule has 8 heteroatoms. The highest BCUT2D eigenvalue weighted by Gasteiger charge is 2.41. The van der Waals surface area contributed by atoms with E-state index in [1.807, 2.05) is 0 Å². The highest BCUT2D eigenvalue weighted by atomic mass is 19.4. The number of alkyl halides is 6. The third-order valence-electron chi connectivity index (χ3n) is 3.74. The summed E-state index contributed by atoms with van der Waals surface area (Å²) < 4.78 is 76.1. The fraction of sp³-hybridized carbons (Fsp3) is 0.500. The fourth-order valence-corrected chi connectivity index (χ4v) is 2.51. The number of nitrogens with zero attached hydrogens (tertiary/aromatic N) is 2. The molecule has 1 aliphatic rings. The fourth-order valence-electron chi connectivity index (χ4n) is 2.51. The Kier molecular flexibility index (Phi) is 4.27. The number of anilines is 1. The quantitative estimate of drug-likeness (QED) is 0.719. The average molecular weight is 322 g/mol. The Morgan fingerprint density at radius 2 is 1.64 bits per heavy atom. The van der Waals surface area contributed by atoms with E-state index in [2.05, 4.69) is 0 Å². The molecule has 1 aromatic carbocycles. The van der Waals surface area contributed by atoms with Gasteiger partial charge in [0.25, 0.3) is 0 Å². The lowest BCUT2D eigenvalue weighted by atomic mass is 9.95. The predicted molar refractivity (Wildman–Crippen MR) is 67.2 cm³/mol. The summed E-state index contributed by atoms with van der Waals surface area (Å²) >= 11 is 0. The van der Waals surface area contributed by atoms with Crippen LogP contribution in [-0.2, 0) is 6.18 Å². The maximum Gasteiger partial charge on any atom is 0.416 e. The van der Waals surface area contributed by atoms with Gasteiger partial charge in [-0.2, -0.15) is 31.6 Å². The van der Waals surface area contributed by atoms with Crippen molar-refractivity contribution in [2.45, 2.75) is 25.2 Å². The van der Waals surface area contributed by atoms with Gasteiger partial charge >= 0.3 is 12.4 Å². The first-order valence-electron chi connectivity index (χ1n) is 6.56. The Bertz CT molecular complexity index is 576. The Hall–Kier alpha value is -1.91. The molecule has 2 nitrogen and oxygen atoms in total. The van der Waals surface area contributed by atoms with Crippen LogP contribution >= 0.6 is 0 Å². The predicted octanol–water partition coefficient (Wildman–Crippen LogP) is 4.36. The zero-order chi connectivity index (χ0) is 16.5. The van der Waals surface area contributed by atoms with Gasteiger partial charge in [0.05, 0.1) is 22.7 Å². The molecule has 0 aliphatic carbocycles. The number of halogens is 6. The number of rotatable bonds is 1. The van der Waals surface area contributed by atoms with E-state index in [0.717, 1.165) is 18.2 Å². The van der Waals surface area contributed by atoms with Crippen LogP contribution in [0.2, 0.25) is 0 Å². The third-order valence-corrected chi connectivity index (χ3v) is 3.74. The molecule has 0 atom stereocenters. The van der Waals surface area contributed by atoms with Crippen LogP contribution < -0.4 is 4.90 Å². The molecule has 22 heavy (non-hydrogen) atoms. The van der Waals surface area contributed by atoms with Gasteiger partial charge in [-0.05, 0) is 31.0 Å². The van der Waals surface area contributed by atoms with Gasteiger partial charge in [-0.1, -0.05) is 0 Å². The molecule has 0 aromatic heterocycles. The SMILES string of the molecule is N#Cc1ccc(C(F)(F)F)cc1N1CCC(C(F)(F)F)CC1. The molecular formula is C14H12F6N2. The van der Waals surface area contributed by atoms with Crippen molar-refractivity contribution >= 4 is 5.69 Å². The van der Waals surface area contributed by atoms with Crippen LogP contribution in [-0.4, -0.2) is 19.3 Å². The molecule has 1 heterocycles. The van der Waals surface area contributed by atoms with Gasteiger partial charge in [-0.25, -0.2) is 0 Å². The van der Waals surface area contributed by atoms with Crippen molar-refractivity contribution in [3.63, 3.8) is 0 Å². The summed E-state index contributed by atoms with van der Waals surface area (Å²) in [6.45, 7) is -0.0552. The van der Waals surface area contributed by atoms with Gasteiger partial charge in [-0.15, -0.1) is 0 Å². The zero-order valence-corrected chi connectivity index (χ0v) is 11.3. The molecule has 0 saturated carbocycles. The summed E-state index contributed by atoms with van der Waals surface area (Å²) in [5, 5.41) is 8.99. The molecule has 1 aromatic rings. The molecule has 1 aliphatic heterocycles. The normalized spacial score (nSPS) is 17.4. The van der Waals surface area contributed by atoms with Crippen LogP contribution in [0.4, 0.5) is 32.0 Å². The lowest BCUT2D eigenvalue weighted by Gasteiger charge is -2.35. The van der Waals surface area contributed by atoms with E-state index in [9.17, 15) is 26.3 Å². The van der Waals surface area contributed by atoms with Gasteiger partial charge in [0.1, 0.15) is 6.07 Å². The van der Waals surface area contributed by atoms with Crippen LogP contribution in [0.1, 0.15) is 24.0 Å². The van der Waals surface area contributed by atoms with Gasteiger partial charge < -0.3 is 4.90 Å². The minimum Gasteiger partial charge on any atom is -0.370 e. The number of hydrogen-bond acceptors (Lipinski definition) is 2. The van der Waals surface area contributed by atoms with Crippen LogP contribution in [0.25, 0.3) is 0 Å². The first-order valence-corrected chi connectivity index (χ1v) is 6.56. The summed E-state index contributed by atoms with van der Waals surface area (Å²) in [5.41, 5.74) is -0.851. The lowest BCUT2D eigenvalue weighted by Crippen LogP contribution is -2.39. The summed E-state index contributed by atoms with van der Waals surface area (Å²) in [5.74, 6) is -1.44. The molecular weight excluding hydrogens is 310 g/mol. The van der Waals surface area contributed by atoms with Crippen molar-refractivity contribution in [2.24, 2.45) is 5.92 Å². The van der Waals surface area contributed by atoms with Crippen molar-refractivity contribution in [3.8, 4) is 6.07 Å². The number of benzene rings is 1. The first-order chi connectivity index (χ1) is 10.1. The molecule has 1 fully saturated rings. The molecule has 120 valence electrons. The van der Waals surface area contributed by atoms with Crippen LogP contribution in [0.5, 0.6) is 0 Å². The lowest BCUT2D eigenvalue weighted by molar-refractivity contribution is -0.179. The molecule has 0 N–H and O–H groups in total. The maximum atomic E-state index is 12.7. The Labute approximate surface area is 122 Å². The number of piperidine rings is 1. The summed E-state index contributed by atoms with van der Waals surface area (Å²) in [4.78, 5) is 1.41. The number of hydrogen-bond donors (Lipinski definition) is 0. The second kappa shape index (κ2) is 5.71. The Morgan fingerprint density at radius 1 is 1.05 bits per heavy atom. The third kappa shape index (κ3) is 3.46. The first kappa shape index (κ1) is 16.5. The van der Waals surface area contributed by atoms with E-state index < -0.39 is 23.8 Å². The van der Waals surface area contributed by atoms with Crippen molar-refractivity contribution in [2.75, 3.05) is 18.0 Å². The Morgan fingerprint density at radius 3 is 2.09 bits per heavy atom. The van der Waals surface area contributed by atoms with Crippen LogP contribution in [0.15, 0.2) is 18.2 Å². The van der Waals surface area contributed by atoms with E-state index in [1.54, 1.807) is 6.07 Å². The minimum atomic E-state index is -4.56. The zero-order valence-electron chi connectivity index (χ0n) is 11.3. The Balaban J connectivity index is 2.24. The van der Waals surface area contributed by atoms with Crippen molar-refractivity contribution < 1.29 is 26.3 Å². The van der Waals surface area contributed by atoms with Crippen molar-refractivity contribution in [1.82, 2.24) is 0 Å². The van der Waals surface area contributed by atoms with Crippen LogP contribution in [0, 0.1) is 17.2 Å². The van der Waals surface area contributed by atoms with Gasteiger partial charge in [-0.3, -0.25) is 0 Å². The molecule has 0 radical (unpaired) electrons. The molecule has 0 unspecified atom stereocenters. The molecule has 0 amide bonds. The summed E-state index contributed by atoms with van der Waals surface area (Å²) in [6, 6.07) is 4.45. The van der Waals surface area contributed by atoms with E-state index >= 15 is 0 Å².